The number of nitrogens with two attached hydrogens (primary N) is 1. The number of carbonyl (C=O) groups is 1. The average Bonchev–Trinajstić information content (AvgIpc) is 2.50. The van der Waals surface area contributed by atoms with E-state index in [0.717, 1.165) is 32.9 Å². The lowest BCUT2D eigenvalue weighted by Gasteiger charge is -2.23. The number of aldehydes is 1. The van der Waals surface area contributed by atoms with E-state index in [2.05, 4.69) is 9.98 Å². The maximum absolute atomic E-state index is 11.5. The molecule has 5 heteroatoms. The van der Waals surface area contributed by atoms with Gasteiger partial charge in [-0.15, -0.1) is 0 Å². The molecule has 0 saturated heterocycles. The van der Waals surface area contributed by atoms with E-state index in [1.807, 2.05) is 31.2 Å². The highest BCUT2D eigenvalue weighted by atomic mass is 32.2. The summed E-state index contributed by atoms with van der Waals surface area (Å²) in [6.07, 6.45) is 4.99. The number of aromatic nitrogens is 1. The number of hydrogen-bond acceptors (Lipinski definition) is 5. The average molecular weight is 297 g/mol. The third-order valence-corrected chi connectivity index (χ3v) is 4.72. The number of rotatable bonds is 3. The second kappa shape index (κ2) is 5.69. The Bertz CT molecular complexity index is 713. The maximum Gasteiger partial charge on any atom is 0.128 e. The lowest BCUT2D eigenvalue weighted by Crippen LogP contribution is -2.21. The third kappa shape index (κ3) is 2.69. The molecule has 4 nitrogen and oxygen atoms in total. The van der Waals surface area contributed by atoms with Gasteiger partial charge in [0.2, 0.25) is 0 Å². The number of nitrogens with zero attached hydrogens (tertiary/aromatic N) is 2. The molecular formula is C16H15N3OS. The zero-order valence-electron chi connectivity index (χ0n) is 11.6. The van der Waals surface area contributed by atoms with Crippen LogP contribution in [0, 0.1) is 6.92 Å². The molecule has 21 heavy (non-hydrogen) atoms. The minimum absolute atomic E-state index is 0.221. The fourth-order valence-corrected chi connectivity index (χ4v) is 3.55. The molecule has 2 N–H and O–H groups in total. The fraction of sp³-hybridized carbons (Fsp3) is 0.188. The van der Waals surface area contributed by atoms with E-state index in [1.165, 1.54) is 0 Å². The van der Waals surface area contributed by atoms with E-state index in [0.29, 0.717) is 12.3 Å². The monoisotopic (exact) mass is 297 g/mol. The second-order valence-electron chi connectivity index (χ2n) is 4.98. The van der Waals surface area contributed by atoms with Crippen LogP contribution in [0.4, 0.5) is 5.69 Å². The number of benzene rings is 1. The zero-order chi connectivity index (χ0) is 14.8. The third-order valence-electron chi connectivity index (χ3n) is 3.47. The van der Waals surface area contributed by atoms with E-state index in [1.54, 1.807) is 24.2 Å². The lowest BCUT2D eigenvalue weighted by molar-refractivity contribution is -0.109. The van der Waals surface area contributed by atoms with Crippen molar-refractivity contribution in [1.82, 2.24) is 4.98 Å². The number of hydrogen-bond donors (Lipinski definition) is 1. The first-order valence-corrected chi connectivity index (χ1v) is 7.50. The summed E-state index contributed by atoms with van der Waals surface area (Å²) < 4.78 is 0. The molecule has 0 bridgehead atoms. The fourth-order valence-electron chi connectivity index (χ4n) is 2.46. The Morgan fingerprint density at radius 1 is 1.29 bits per heavy atom. The molecule has 1 aromatic heterocycles. The van der Waals surface area contributed by atoms with Gasteiger partial charge in [0.1, 0.15) is 12.1 Å². The summed E-state index contributed by atoms with van der Waals surface area (Å²) in [5, 5.41) is 0. The van der Waals surface area contributed by atoms with E-state index in [9.17, 15) is 4.79 Å². The van der Waals surface area contributed by atoms with Gasteiger partial charge >= 0.3 is 0 Å². The van der Waals surface area contributed by atoms with Crippen molar-refractivity contribution >= 4 is 29.6 Å². The first-order valence-electron chi connectivity index (χ1n) is 6.68. The van der Waals surface area contributed by atoms with Gasteiger partial charge in [-0.2, -0.15) is 0 Å². The molecule has 1 aromatic carbocycles. The van der Waals surface area contributed by atoms with Crippen molar-refractivity contribution in [2.75, 3.05) is 0 Å². The van der Waals surface area contributed by atoms with Crippen LogP contribution >= 0.6 is 11.8 Å². The van der Waals surface area contributed by atoms with E-state index in [-0.39, 0.29) is 5.92 Å². The minimum atomic E-state index is -0.221. The van der Waals surface area contributed by atoms with Crippen molar-refractivity contribution in [3.8, 4) is 0 Å². The molecule has 0 amide bonds. The standard InChI is InChI=1S/C16H15N3OS/c1-10-2-3-13-15(11(9-20)8-14(17)19-13)16(10)21-12-4-6-18-7-5-12/h2-7,9,11H,8H2,1H3,(H2,17,19). The maximum atomic E-state index is 11.5. The van der Waals surface area contributed by atoms with Crippen molar-refractivity contribution < 1.29 is 4.79 Å². The van der Waals surface area contributed by atoms with Crippen LogP contribution in [-0.4, -0.2) is 17.1 Å². The van der Waals surface area contributed by atoms with Crippen molar-refractivity contribution in [1.29, 1.82) is 0 Å². The summed E-state index contributed by atoms with van der Waals surface area (Å²) in [5.41, 5.74) is 8.76. The molecule has 1 aliphatic rings. The molecular weight excluding hydrogens is 282 g/mol. The summed E-state index contributed by atoms with van der Waals surface area (Å²) in [6, 6.07) is 7.87. The van der Waals surface area contributed by atoms with Gasteiger partial charge in [0.25, 0.3) is 0 Å². The zero-order valence-corrected chi connectivity index (χ0v) is 12.4. The Morgan fingerprint density at radius 3 is 2.76 bits per heavy atom. The number of aliphatic imine (C=N–C) groups is 1. The molecule has 2 aromatic rings. The van der Waals surface area contributed by atoms with Gasteiger partial charge in [-0.25, -0.2) is 4.99 Å². The summed E-state index contributed by atoms with van der Waals surface area (Å²) in [4.78, 5) is 22.1. The molecule has 1 atom stereocenters. The predicted octanol–water partition coefficient (Wildman–Crippen LogP) is 3.22. The van der Waals surface area contributed by atoms with Crippen LogP contribution in [0.1, 0.15) is 23.5 Å². The molecule has 106 valence electrons. The predicted molar refractivity (Wildman–Crippen MR) is 84.2 cm³/mol. The van der Waals surface area contributed by atoms with Gasteiger partial charge in [-0.3, -0.25) is 4.98 Å². The normalized spacial score (nSPS) is 17.0. The highest BCUT2D eigenvalue weighted by Crippen LogP contribution is 2.43. The minimum Gasteiger partial charge on any atom is -0.387 e. The lowest BCUT2D eigenvalue weighted by atomic mass is 9.91. The highest BCUT2D eigenvalue weighted by molar-refractivity contribution is 7.99. The summed E-state index contributed by atoms with van der Waals surface area (Å²) >= 11 is 1.64. The van der Waals surface area contributed by atoms with Crippen molar-refractivity contribution in [3.05, 3.63) is 47.8 Å². The summed E-state index contributed by atoms with van der Waals surface area (Å²) in [6.45, 7) is 2.05. The number of pyridine rings is 1. The molecule has 0 saturated carbocycles. The van der Waals surface area contributed by atoms with Gasteiger partial charge in [0.05, 0.1) is 5.69 Å². The van der Waals surface area contributed by atoms with Crippen LogP contribution in [-0.2, 0) is 4.79 Å². The van der Waals surface area contributed by atoms with Gasteiger partial charge in [0.15, 0.2) is 0 Å². The van der Waals surface area contributed by atoms with Crippen LogP contribution in [0.15, 0.2) is 51.4 Å². The Morgan fingerprint density at radius 2 is 2.05 bits per heavy atom. The van der Waals surface area contributed by atoms with E-state index in [4.69, 9.17) is 5.73 Å². The van der Waals surface area contributed by atoms with Crippen molar-refractivity contribution in [2.45, 2.75) is 29.1 Å². The van der Waals surface area contributed by atoms with Crippen molar-refractivity contribution in [2.24, 2.45) is 10.7 Å². The number of aryl methyl sites for hydroxylation is 1. The van der Waals surface area contributed by atoms with Crippen LogP contribution in [0.25, 0.3) is 0 Å². The molecule has 3 rings (SSSR count). The summed E-state index contributed by atoms with van der Waals surface area (Å²) in [7, 11) is 0. The smallest absolute Gasteiger partial charge is 0.128 e. The van der Waals surface area contributed by atoms with Crippen LogP contribution in [0.5, 0.6) is 0 Å². The number of fused-ring (bicyclic) bond motifs is 1. The van der Waals surface area contributed by atoms with Crippen molar-refractivity contribution in [3.63, 3.8) is 0 Å². The molecule has 1 unspecified atom stereocenters. The quantitative estimate of drug-likeness (QED) is 0.883. The largest absolute Gasteiger partial charge is 0.387 e. The molecule has 1 aliphatic heterocycles. The second-order valence-corrected chi connectivity index (χ2v) is 6.06. The molecule has 2 heterocycles. The van der Waals surface area contributed by atoms with Gasteiger partial charge in [-0.1, -0.05) is 17.8 Å². The molecule has 0 radical (unpaired) electrons. The van der Waals surface area contributed by atoms with E-state index >= 15 is 0 Å². The topological polar surface area (TPSA) is 68.3 Å². The van der Waals surface area contributed by atoms with Crippen LogP contribution in [0.2, 0.25) is 0 Å². The number of carbonyl (C=O) groups excluding carboxylic acids is 1. The number of amidine groups is 1. The molecule has 0 spiro atoms. The van der Waals surface area contributed by atoms with Crippen LogP contribution < -0.4 is 5.73 Å². The first kappa shape index (κ1) is 13.8. The first-order chi connectivity index (χ1) is 10.2. The van der Waals surface area contributed by atoms with Gasteiger partial charge in [0, 0.05) is 40.1 Å². The van der Waals surface area contributed by atoms with Gasteiger partial charge in [-0.05, 0) is 30.7 Å². The molecule has 0 fully saturated rings. The Balaban J connectivity index is 2.12. The summed E-state index contributed by atoms with van der Waals surface area (Å²) in [5.74, 6) is 0.296. The van der Waals surface area contributed by atoms with Crippen LogP contribution in [0.3, 0.4) is 0 Å². The van der Waals surface area contributed by atoms with Gasteiger partial charge < -0.3 is 10.5 Å². The SMILES string of the molecule is Cc1ccc2c(c1Sc1ccncc1)C(C=O)CC(N)=N2. The Kier molecular flexibility index (Phi) is 3.75. The Hall–Kier alpha value is -2.14. The highest BCUT2D eigenvalue weighted by Gasteiger charge is 2.25. The van der Waals surface area contributed by atoms with E-state index < -0.39 is 0 Å². The Labute approximate surface area is 127 Å². The molecule has 0 aliphatic carbocycles.